The number of rotatable bonds is 5. The number of amidine groups is 1. The van der Waals surface area contributed by atoms with Gasteiger partial charge in [0.25, 0.3) is 5.56 Å². The number of aliphatic imine (C=N–C) groups is 1. The molecule has 1 aromatic carbocycles. The molecule has 172 valence electrons. The average Bonchev–Trinajstić information content (AvgIpc) is 3.04. The Morgan fingerprint density at radius 3 is 2.53 bits per heavy atom. The molecule has 32 heavy (non-hydrogen) atoms. The maximum atomic E-state index is 14.6. The number of halogens is 5. The van der Waals surface area contributed by atoms with Gasteiger partial charge in [-0.2, -0.15) is 13.2 Å². The largest absolute Gasteiger partial charge is 0.431 e. The third-order valence-electron chi connectivity index (χ3n) is 4.46. The molecule has 1 aliphatic heterocycles. The number of carbonyl (C=O) groups is 1. The molecule has 1 saturated heterocycles. The van der Waals surface area contributed by atoms with E-state index in [-0.39, 0.29) is 55.9 Å². The first kappa shape index (κ1) is 24.0. The summed E-state index contributed by atoms with van der Waals surface area (Å²) in [6.07, 6.45) is -4.96. The van der Waals surface area contributed by atoms with Crippen molar-refractivity contribution in [1.29, 1.82) is 0 Å². The molecule has 0 aliphatic carbocycles. The molecule has 3 rings (SSSR count). The molecule has 2 heterocycles. The molecule has 1 aromatic heterocycles. The minimum absolute atomic E-state index is 0.0865. The second kappa shape index (κ2) is 9.08. The van der Waals surface area contributed by atoms with Gasteiger partial charge in [-0.15, -0.1) is 0 Å². The van der Waals surface area contributed by atoms with Gasteiger partial charge in [0, 0.05) is 20.2 Å². The van der Waals surface area contributed by atoms with Crippen LogP contribution < -0.4 is 11.2 Å². The Balaban J connectivity index is 2.15. The number of methoxy groups -OCH3 is 1. The number of hydrogen-bond acceptors (Lipinski definition) is 6. The summed E-state index contributed by atoms with van der Waals surface area (Å²) < 4.78 is 59.2. The van der Waals surface area contributed by atoms with E-state index < -0.39 is 34.6 Å². The van der Waals surface area contributed by atoms with E-state index in [1.165, 1.54) is 12.0 Å². The number of ether oxygens (including phenoxy) is 1. The smallest absolute Gasteiger partial charge is 0.383 e. The van der Waals surface area contributed by atoms with Crippen molar-refractivity contribution >= 4 is 40.1 Å². The first-order valence-corrected chi connectivity index (χ1v) is 10.2. The summed E-state index contributed by atoms with van der Waals surface area (Å²) in [5.41, 5.74) is -4.99. The maximum Gasteiger partial charge on any atom is 0.431 e. The molecule has 14 heteroatoms. The number of hydrogen-bond donors (Lipinski definition) is 0. The Morgan fingerprint density at radius 2 is 1.91 bits per heavy atom. The predicted octanol–water partition coefficient (Wildman–Crippen LogP) is 2.56. The number of aromatic nitrogens is 2. The molecule has 0 unspecified atom stereocenters. The van der Waals surface area contributed by atoms with E-state index in [2.05, 4.69) is 4.99 Å². The van der Waals surface area contributed by atoms with Crippen molar-refractivity contribution in [2.24, 2.45) is 12.0 Å². The number of thioether (sulfide) groups is 1. The van der Waals surface area contributed by atoms with E-state index in [9.17, 15) is 31.9 Å². The van der Waals surface area contributed by atoms with E-state index in [1.54, 1.807) is 0 Å². The molecule has 0 bridgehead atoms. The first-order chi connectivity index (χ1) is 15.0. The van der Waals surface area contributed by atoms with E-state index in [0.717, 1.165) is 30.9 Å². The fourth-order valence-corrected chi connectivity index (χ4v) is 4.00. The second-order valence-corrected chi connectivity index (χ2v) is 7.87. The molecule has 0 N–H and O–H groups in total. The average molecular weight is 495 g/mol. The van der Waals surface area contributed by atoms with E-state index in [4.69, 9.17) is 16.3 Å². The van der Waals surface area contributed by atoms with Gasteiger partial charge in [0.2, 0.25) is 5.91 Å². The molecule has 0 radical (unpaired) electrons. The Bertz CT molecular complexity index is 1230. The van der Waals surface area contributed by atoms with Gasteiger partial charge < -0.3 is 4.74 Å². The third-order valence-corrected chi connectivity index (χ3v) is 5.72. The molecular formula is C18H15ClF4N4O4S. The van der Waals surface area contributed by atoms with Crippen LogP contribution in [-0.4, -0.2) is 51.1 Å². The highest BCUT2D eigenvalue weighted by Gasteiger charge is 2.35. The van der Waals surface area contributed by atoms with E-state index in [1.807, 2.05) is 0 Å². The maximum absolute atomic E-state index is 14.6. The number of alkyl halides is 3. The fourth-order valence-electron chi connectivity index (χ4n) is 2.89. The highest BCUT2D eigenvalue weighted by Crippen LogP contribution is 2.32. The van der Waals surface area contributed by atoms with Crippen LogP contribution >= 0.6 is 23.4 Å². The van der Waals surface area contributed by atoms with Crippen LogP contribution in [0.4, 0.5) is 23.2 Å². The number of benzene rings is 1. The lowest BCUT2D eigenvalue weighted by Crippen LogP contribution is -2.41. The van der Waals surface area contributed by atoms with Crippen LogP contribution in [0, 0.1) is 5.82 Å². The Morgan fingerprint density at radius 1 is 1.22 bits per heavy atom. The van der Waals surface area contributed by atoms with Crippen LogP contribution in [0.5, 0.6) is 0 Å². The lowest BCUT2D eigenvalue weighted by Gasteiger charge is -2.16. The summed E-state index contributed by atoms with van der Waals surface area (Å²) in [7, 11) is 2.26. The zero-order chi connectivity index (χ0) is 23.8. The molecule has 1 aliphatic rings. The van der Waals surface area contributed by atoms with Crippen molar-refractivity contribution in [2.75, 3.05) is 26.0 Å². The molecule has 1 amide bonds. The monoisotopic (exact) mass is 494 g/mol. The molecule has 1 fully saturated rings. The SMILES string of the molecule is COCCN1C(=O)CS/C1=N\c1cc(-n2c(=O)cc(C(F)(F)F)n(C)c2=O)c(F)cc1Cl. The first-order valence-electron chi connectivity index (χ1n) is 8.86. The van der Waals surface area contributed by atoms with Crippen LogP contribution in [0.15, 0.2) is 32.8 Å². The topological polar surface area (TPSA) is 85.9 Å². The summed E-state index contributed by atoms with van der Waals surface area (Å²) in [5.74, 6) is -1.26. The minimum atomic E-state index is -4.96. The van der Waals surface area contributed by atoms with Crippen molar-refractivity contribution in [2.45, 2.75) is 6.18 Å². The van der Waals surface area contributed by atoms with Gasteiger partial charge >= 0.3 is 11.9 Å². The summed E-state index contributed by atoms with van der Waals surface area (Å²) in [5, 5.41) is 0.0429. The number of amides is 1. The molecular weight excluding hydrogens is 480 g/mol. The highest BCUT2D eigenvalue weighted by molar-refractivity contribution is 8.15. The van der Waals surface area contributed by atoms with Crippen LogP contribution in [-0.2, 0) is 22.8 Å². The van der Waals surface area contributed by atoms with Crippen molar-refractivity contribution in [3.05, 3.63) is 55.6 Å². The van der Waals surface area contributed by atoms with Gasteiger partial charge in [-0.1, -0.05) is 23.4 Å². The quantitative estimate of drug-likeness (QED) is 0.596. The van der Waals surface area contributed by atoms with E-state index in [0.29, 0.717) is 0 Å². The summed E-state index contributed by atoms with van der Waals surface area (Å²) in [6, 6.07) is 1.93. The summed E-state index contributed by atoms with van der Waals surface area (Å²) in [4.78, 5) is 42.4. The zero-order valence-corrected chi connectivity index (χ0v) is 18.1. The lowest BCUT2D eigenvalue weighted by atomic mass is 10.2. The van der Waals surface area contributed by atoms with Gasteiger partial charge in [0.15, 0.2) is 5.17 Å². The Kier molecular flexibility index (Phi) is 6.81. The molecule has 0 atom stereocenters. The van der Waals surface area contributed by atoms with Crippen molar-refractivity contribution in [1.82, 2.24) is 14.0 Å². The zero-order valence-electron chi connectivity index (χ0n) is 16.6. The van der Waals surface area contributed by atoms with Crippen LogP contribution in [0.2, 0.25) is 5.02 Å². The van der Waals surface area contributed by atoms with Crippen molar-refractivity contribution in [3.63, 3.8) is 0 Å². The Hall–Kier alpha value is -2.64. The van der Waals surface area contributed by atoms with Gasteiger partial charge in [-0.05, 0) is 12.1 Å². The third kappa shape index (κ3) is 4.59. The van der Waals surface area contributed by atoms with Gasteiger partial charge in [-0.3, -0.25) is 19.1 Å². The van der Waals surface area contributed by atoms with Crippen molar-refractivity contribution < 1.29 is 27.1 Å². The van der Waals surface area contributed by atoms with Gasteiger partial charge in [0.05, 0.1) is 35.3 Å². The molecule has 0 spiro atoms. The summed E-state index contributed by atoms with van der Waals surface area (Å²) >= 11 is 7.14. The summed E-state index contributed by atoms with van der Waals surface area (Å²) in [6.45, 7) is 0.427. The number of carbonyl (C=O) groups excluding carboxylic acids is 1. The predicted molar refractivity (Wildman–Crippen MR) is 110 cm³/mol. The van der Waals surface area contributed by atoms with Crippen molar-refractivity contribution in [3.8, 4) is 5.69 Å². The minimum Gasteiger partial charge on any atom is -0.383 e. The normalized spacial score (nSPS) is 15.8. The standard InChI is InChI=1S/C18H15ClF4N4O4S/c1-25-13(18(21,22)23)7-14(28)27(17(25)30)12-6-11(9(19)5-10(12)20)24-16-26(3-4-31-2)15(29)8-32-16/h5-7H,3-4,8H2,1-2H3/b24-16-. The number of nitrogens with zero attached hydrogens (tertiary/aromatic N) is 4. The lowest BCUT2D eigenvalue weighted by molar-refractivity contribution is -0.144. The second-order valence-electron chi connectivity index (χ2n) is 6.52. The molecule has 2 aromatic rings. The Labute approximate surface area is 187 Å². The van der Waals surface area contributed by atoms with Crippen LogP contribution in [0.25, 0.3) is 5.69 Å². The molecule has 8 nitrogen and oxygen atoms in total. The van der Waals surface area contributed by atoms with Gasteiger partial charge in [0.1, 0.15) is 11.5 Å². The van der Waals surface area contributed by atoms with E-state index >= 15 is 0 Å². The highest BCUT2D eigenvalue weighted by atomic mass is 35.5. The van der Waals surface area contributed by atoms with Crippen LogP contribution in [0.1, 0.15) is 5.69 Å². The molecule has 0 saturated carbocycles. The fraction of sp³-hybridized carbons (Fsp3) is 0.333. The van der Waals surface area contributed by atoms with Gasteiger partial charge in [-0.25, -0.2) is 18.7 Å². The van der Waals surface area contributed by atoms with Crippen LogP contribution in [0.3, 0.4) is 0 Å².